The summed E-state index contributed by atoms with van der Waals surface area (Å²) in [4.78, 5) is 14.4. The summed E-state index contributed by atoms with van der Waals surface area (Å²) in [6.07, 6.45) is 4.24. The van der Waals surface area contributed by atoms with Gasteiger partial charge in [-0.15, -0.1) is 0 Å². The van der Waals surface area contributed by atoms with Crippen molar-refractivity contribution in [3.05, 3.63) is 11.9 Å². The van der Waals surface area contributed by atoms with Gasteiger partial charge in [0.25, 0.3) is 5.91 Å². The standard InChI is InChI=1S/C7H11N3O/c1-8-6-3-2-4-9-7(11)5-10-6/h3-4,8,10H,2,5H2,1H3/b6-3-,9-4?. The first-order chi connectivity index (χ1) is 5.33. The Labute approximate surface area is 65.4 Å². The Kier molecular flexibility index (Phi) is 2.66. The molecule has 1 amide bonds. The molecule has 0 bridgehead atoms. The van der Waals surface area contributed by atoms with E-state index in [0.717, 1.165) is 5.82 Å². The summed E-state index contributed by atoms with van der Waals surface area (Å²) < 4.78 is 0. The number of nitrogens with one attached hydrogen (secondary N) is 2. The second-order valence-corrected chi connectivity index (χ2v) is 2.16. The minimum absolute atomic E-state index is 0.133. The topological polar surface area (TPSA) is 53.5 Å². The zero-order valence-corrected chi connectivity index (χ0v) is 6.42. The summed E-state index contributed by atoms with van der Waals surface area (Å²) in [5, 5.41) is 5.84. The molecule has 0 aliphatic carbocycles. The number of nitrogens with zero attached hydrogens (tertiary/aromatic N) is 1. The van der Waals surface area contributed by atoms with Crippen molar-refractivity contribution in [2.75, 3.05) is 13.6 Å². The third-order valence-corrected chi connectivity index (χ3v) is 1.36. The van der Waals surface area contributed by atoms with Crippen molar-refractivity contribution in [2.24, 2.45) is 4.99 Å². The summed E-state index contributed by atoms with van der Waals surface area (Å²) in [6.45, 7) is 0.267. The molecule has 0 aromatic heterocycles. The first-order valence-electron chi connectivity index (χ1n) is 3.50. The lowest BCUT2D eigenvalue weighted by Gasteiger charge is -2.09. The average Bonchev–Trinajstić information content (AvgIpc) is 1.98. The zero-order valence-electron chi connectivity index (χ0n) is 6.42. The van der Waals surface area contributed by atoms with Gasteiger partial charge in [0.2, 0.25) is 0 Å². The van der Waals surface area contributed by atoms with Gasteiger partial charge >= 0.3 is 0 Å². The lowest BCUT2D eigenvalue weighted by Crippen LogP contribution is -2.29. The van der Waals surface area contributed by atoms with Crippen molar-refractivity contribution in [1.82, 2.24) is 10.6 Å². The van der Waals surface area contributed by atoms with Crippen LogP contribution in [0.3, 0.4) is 0 Å². The van der Waals surface area contributed by atoms with E-state index in [0.29, 0.717) is 6.42 Å². The smallest absolute Gasteiger partial charge is 0.264 e. The third kappa shape index (κ3) is 2.41. The van der Waals surface area contributed by atoms with Crippen LogP contribution in [0.2, 0.25) is 0 Å². The largest absolute Gasteiger partial charge is 0.375 e. The Morgan fingerprint density at radius 2 is 2.55 bits per heavy atom. The number of carbonyl (C=O) groups is 1. The summed E-state index contributed by atoms with van der Waals surface area (Å²) in [5.74, 6) is 0.746. The van der Waals surface area contributed by atoms with Crippen LogP contribution in [-0.4, -0.2) is 25.7 Å². The van der Waals surface area contributed by atoms with E-state index in [1.807, 2.05) is 13.1 Å². The van der Waals surface area contributed by atoms with Crippen LogP contribution in [0.25, 0.3) is 0 Å². The molecule has 0 atom stereocenters. The molecule has 0 radical (unpaired) electrons. The number of allylic oxidation sites excluding steroid dienone is 1. The number of aliphatic imine (C=N–C) groups is 1. The summed E-state index contributed by atoms with van der Waals surface area (Å²) in [6, 6.07) is 0. The summed E-state index contributed by atoms with van der Waals surface area (Å²) in [5.41, 5.74) is 0. The molecule has 0 aromatic carbocycles. The van der Waals surface area contributed by atoms with Gasteiger partial charge < -0.3 is 10.6 Å². The maximum atomic E-state index is 10.8. The highest BCUT2D eigenvalue weighted by atomic mass is 16.1. The molecule has 4 heteroatoms. The molecule has 0 spiro atoms. The van der Waals surface area contributed by atoms with E-state index in [9.17, 15) is 4.79 Å². The maximum Gasteiger partial charge on any atom is 0.264 e. The van der Waals surface area contributed by atoms with Crippen molar-refractivity contribution in [3.63, 3.8) is 0 Å². The molecule has 0 aromatic rings. The lowest BCUT2D eigenvalue weighted by molar-refractivity contribution is -0.116. The highest BCUT2D eigenvalue weighted by Crippen LogP contribution is 1.89. The van der Waals surface area contributed by atoms with Crippen LogP contribution >= 0.6 is 0 Å². The van der Waals surface area contributed by atoms with Gasteiger partial charge in [-0.2, -0.15) is 0 Å². The molecular formula is C7H11N3O. The molecular weight excluding hydrogens is 142 g/mol. The Morgan fingerprint density at radius 1 is 1.73 bits per heavy atom. The Bertz CT molecular complexity index is 208. The Hall–Kier alpha value is -1.32. The van der Waals surface area contributed by atoms with Gasteiger partial charge in [-0.05, 0) is 6.08 Å². The van der Waals surface area contributed by atoms with Crippen LogP contribution in [0.5, 0.6) is 0 Å². The van der Waals surface area contributed by atoms with E-state index in [2.05, 4.69) is 15.6 Å². The number of hydrogen-bond acceptors (Lipinski definition) is 3. The van der Waals surface area contributed by atoms with Crippen molar-refractivity contribution in [3.8, 4) is 0 Å². The molecule has 60 valence electrons. The van der Waals surface area contributed by atoms with E-state index in [1.165, 1.54) is 0 Å². The lowest BCUT2D eigenvalue weighted by atomic mass is 10.4. The Balaban J connectivity index is 2.58. The van der Waals surface area contributed by atoms with Gasteiger partial charge in [0.15, 0.2) is 0 Å². The molecule has 0 saturated carbocycles. The fourth-order valence-corrected chi connectivity index (χ4v) is 0.804. The predicted molar refractivity (Wildman–Crippen MR) is 43.3 cm³/mol. The molecule has 1 aliphatic heterocycles. The molecule has 1 aliphatic rings. The molecule has 0 fully saturated rings. The molecule has 4 nitrogen and oxygen atoms in total. The Morgan fingerprint density at radius 3 is 3.27 bits per heavy atom. The first kappa shape index (κ1) is 7.78. The van der Waals surface area contributed by atoms with Crippen LogP contribution in [0.4, 0.5) is 0 Å². The van der Waals surface area contributed by atoms with Crippen LogP contribution in [0.15, 0.2) is 16.9 Å². The third-order valence-electron chi connectivity index (χ3n) is 1.36. The van der Waals surface area contributed by atoms with Gasteiger partial charge in [0.05, 0.1) is 12.4 Å². The van der Waals surface area contributed by atoms with Crippen LogP contribution in [0.1, 0.15) is 6.42 Å². The second kappa shape index (κ2) is 3.75. The number of carbonyl (C=O) groups excluding carboxylic acids is 1. The minimum atomic E-state index is -0.133. The van der Waals surface area contributed by atoms with Crippen molar-refractivity contribution in [2.45, 2.75) is 6.42 Å². The second-order valence-electron chi connectivity index (χ2n) is 2.16. The van der Waals surface area contributed by atoms with E-state index in [4.69, 9.17) is 0 Å². The van der Waals surface area contributed by atoms with Gasteiger partial charge in [-0.25, -0.2) is 4.99 Å². The van der Waals surface area contributed by atoms with Crippen LogP contribution < -0.4 is 10.6 Å². The van der Waals surface area contributed by atoms with Gasteiger partial charge in [-0.1, -0.05) is 0 Å². The molecule has 11 heavy (non-hydrogen) atoms. The maximum absolute atomic E-state index is 10.8. The minimum Gasteiger partial charge on any atom is -0.375 e. The van der Waals surface area contributed by atoms with Crippen molar-refractivity contribution < 1.29 is 4.79 Å². The number of hydrogen-bond donors (Lipinski definition) is 2. The number of amides is 1. The van der Waals surface area contributed by atoms with Crippen LogP contribution in [-0.2, 0) is 4.79 Å². The fraction of sp³-hybridized carbons (Fsp3) is 0.429. The normalized spacial score (nSPS) is 22.6. The summed E-state index contributed by atoms with van der Waals surface area (Å²) in [7, 11) is 1.81. The zero-order chi connectivity index (χ0) is 8.10. The predicted octanol–water partition coefficient (Wildman–Crippen LogP) is -0.362. The van der Waals surface area contributed by atoms with E-state index < -0.39 is 0 Å². The number of rotatable bonds is 1. The first-order valence-corrected chi connectivity index (χ1v) is 3.50. The summed E-state index contributed by atoms with van der Waals surface area (Å²) >= 11 is 0. The van der Waals surface area contributed by atoms with E-state index in [1.54, 1.807) is 6.21 Å². The highest BCUT2D eigenvalue weighted by Gasteiger charge is 2.00. The average molecular weight is 153 g/mol. The highest BCUT2D eigenvalue weighted by molar-refractivity contribution is 5.87. The van der Waals surface area contributed by atoms with E-state index in [-0.39, 0.29) is 12.5 Å². The van der Waals surface area contributed by atoms with Gasteiger partial charge in [0.1, 0.15) is 0 Å². The molecule has 1 rings (SSSR count). The van der Waals surface area contributed by atoms with Gasteiger partial charge in [-0.3, -0.25) is 4.79 Å². The van der Waals surface area contributed by atoms with E-state index >= 15 is 0 Å². The quantitative estimate of drug-likeness (QED) is 0.541. The fourth-order valence-electron chi connectivity index (χ4n) is 0.804. The van der Waals surface area contributed by atoms with Gasteiger partial charge in [0, 0.05) is 19.7 Å². The molecule has 0 unspecified atom stereocenters. The van der Waals surface area contributed by atoms with Crippen molar-refractivity contribution in [1.29, 1.82) is 0 Å². The van der Waals surface area contributed by atoms with Crippen LogP contribution in [0, 0.1) is 0 Å². The molecule has 2 N–H and O–H groups in total. The molecule has 0 saturated heterocycles. The van der Waals surface area contributed by atoms with Crippen molar-refractivity contribution >= 4 is 12.1 Å². The SMILES string of the molecule is CN/C1=C/CC=NC(=O)CN1. The molecule has 1 heterocycles. The monoisotopic (exact) mass is 153 g/mol.